The third-order valence-corrected chi connectivity index (χ3v) is 2.39. The standard InChI is InChI=1S/C13H14N2/c1-11-9-12(6-8-15-11)4-5-13-3-2-7-14-10-13/h2-3,6-10H,4-5H2,1H3. The van der Waals surface area contributed by atoms with Crippen LogP contribution in [0.25, 0.3) is 0 Å². The Hall–Kier alpha value is -1.70. The molecular formula is C13H14N2. The van der Waals surface area contributed by atoms with Gasteiger partial charge in [0.25, 0.3) is 0 Å². The lowest BCUT2D eigenvalue weighted by molar-refractivity contribution is 0.941. The first-order valence-electron chi connectivity index (χ1n) is 5.15. The average Bonchev–Trinajstić information content (AvgIpc) is 2.28. The quantitative estimate of drug-likeness (QED) is 0.757. The number of aryl methyl sites for hydroxylation is 3. The second kappa shape index (κ2) is 4.69. The van der Waals surface area contributed by atoms with Crippen LogP contribution in [0.3, 0.4) is 0 Å². The number of rotatable bonds is 3. The predicted molar refractivity (Wildman–Crippen MR) is 60.6 cm³/mol. The number of pyridine rings is 2. The first-order chi connectivity index (χ1) is 7.34. The van der Waals surface area contributed by atoms with Gasteiger partial charge in [0.15, 0.2) is 0 Å². The van der Waals surface area contributed by atoms with Gasteiger partial charge in [-0.2, -0.15) is 0 Å². The molecule has 0 fully saturated rings. The number of hydrogen-bond donors (Lipinski definition) is 0. The summed E-state index contributed by atoms with van der Waals surface area (Å²) in [6.45, 7) is 2.02. The molecule has 0 saturated heterocycles. The molecule has 0 N–H and O–H groups in total. The molecule has 2 rings (SSSR count). The van der Waals surface area contributed by atoms with Crippen LogP contribution in [0.1, 0.15) is 16.8 Å². The van der Waals surface area contributed by atoms with Crippen molar-refractivity contribution >= 4 is 0 Å². The van der Waals surface area contributed by atoms with E-state index in [2.05, 4.69) is 28.2 Å². The van der Waals surface area contributed by atoms with Crippen LogP contribution in [0.5, 0.6) is 0 Å². The van der Waals surface area contributed by atoms with Crippen LogP contribution < -0.4 is 0 Å². The van der Waals surface area contributed by atoms with Gasteiger partial charge in [0.05, 0.1) is 0 Å². The SMILES string of the molecule is Cc1cc(CCc2cccnc2)ccn1. The van der Waals surface area contributed by atoms with Crippen LogP contribution in [0.2, 0.25) is 0 Å². The van der Waals surface area contributed by atoms with Gasteiger partial charge >= 0.3 is 0 Å². The van der Waals surface area contributed by atoms with Crippen molar-refractivity contribution in [3.8, 4) is 0 Å². The Morgan fingerprint density at radius 2 is 1.93 bits per heavy atom. The lowest BCUT2D eigenvalue weighted by Crippen LogP contribution is -1.93. The van der Waals surface area contributed by atoms with Crippen molar-refractivity contribution in [2.45, 2.75) is 19.8 Å². The molecule has 0 amide bonds. The summed E-state index contributed by atoms with van der Waals surface area (Å²) in [6.07, 6.45) is 7.69. The molecule has 0 saturated carbocycles. The molecule has 0 aliphatic rings. The molecule has 0 bridgehead atoms. The predicted octanol–water partition coefficient (Wildman–Crippen LogP) is 2.57. The molecule has 2 aromatic heterocycles. The minimum absolute atomic E-state index is 1.04. The van der Waals surface area contributed by atoms with Crippen molar-refractivity contribution in [3.63, 3.8) is 0 Å². The molecule has 0 atom stereocenters. The summed E-state index contributed by atoms with van der Waals surface area (Å²) < 4.78 is 0. The Kier molecular flexibility index (Phi) is 3.08. The number of nitrogens with zero attached hydrogens (tertiary/aromatic N) is 2. The Bertz CT molecular complexity index is 424. The average molecular weight is 198 g/mol. The molecule has 0 spiro atoms. The molecule has 2 heterocycles. The molecule has 2 heteroatoms. The Balaban J connectivity index is 1.99. The molecule has 0 aliphatic carbocycles. The molecule has 0 aliphatic heterocycles. The van der Waals surface area contributed by atoms with Crippen molar-refractivity contribution in [1.29, 1.82) is 0 Å². The lowest BCUT2D eigenvalue weighted by atomic mass is 10.1. The van der Waals surface area contributed by atoms with Crippen LogP contribution in [-0.2, 0) is 12.8 Å². The molecule has 76 valence electrons. The van der Waals surface area contributed by atoms with Gasteiger partial charge in [-0.1, -0.05) is 6.07 Å². The molecule has 0 radical (unpaired) electrons. The Morgan fingerprint density at radius 3 is 2.67 bits per heavy atom. The summed E-state index contributed by atoms with van der Waals surface area (Å²) in [5.74, 6) is 0. The number of hydrogen-bond acceptors (Lipinski definition) is 2. The topological polar surface area (TPSA) is 25.8 Å². The van der Waals surface area contributed by atoms with Crippen LogP contribution in [0, 0.1) is 6.92 Å². The van der Waals surface area contributed by atoms with Crippen molar-refractivity contribution in [1.82, 2.24) is 9.97 Å². The molecule has 2 aromatic rings. The largest absolute Gasteiger partial charge is 0.264 e. The summed E-state index contributed by atoms with van der Waals surface area (Å²) in [4.78, 5) is 8.28. The van der Waals surface area contributed by atoms with E-state index in [1.165, 1.54) is 11.1 Å². The second-order valence-electron chi connectivity index (χ2n) is 3.67. The minimum Gasteiger partial charge on any atom is -0.264 e. The first-order valence-corrected chi connectivity index (χ1v) is 5.15. The molecular weight excluding hydrogens is 184 g/mol. The van der Waals surface area contributed by atoms with E-state index in [0.29, 0.717) is 0 Å². The van der Waals surface area contributed by atoms with E-state index in [4.69, 9.17) is 0 Å². The van der Waals surface area contributed by atoms with Gasteiger partial charge in [0.1, 0.15) is 0 Å². The van der Waals surface area contributed by atoms with E-state index in [0.717, 1.165) is 18.5 Å². The van der Waals surface area contributed by atoms with E-state index in [-0.39, 0.29) is 0 Å². The third-order valence-electron chi connectivity index (χ3n) is 2.39. The van der Waals surface area contributed by atoms with Crippen molar-refractivity contribution in [3.05, 3.63) is 59.7 Å². The zero-order valence-electron chi connectivity index (χ0n) is 8.85. The summed E-state index contributed by atoms with van der Waals surface area (Å²) in [5, 5.41) is 0. The summed E-state index contributed by atoms with van der Waals surface area (Å²) >= 11 is 0. The molecule has 2 nitrogen and oxygen atoms in total. The zero-order chi connectivity index (χ0) is 10.5. The van der Waals surface area contributed by atoms with Crippen LogP contribution >= 0.6 is 0 Å². The molecule has 0 unspecified atom stereocenters. The third kappa shape index (κ3) is 2.88. The van der Waals surface area contributed by atoms with E-state index >= 15 is 0 Å². The Morgan fingerprint density at radius 1 is 1.07 bits per heavy atom. The first kappa shape index (κ1) is 9.84. The zero-order valence-corrected chi connectivity index (χ0v) is 8.85. The van der Waals surface area contributed by atoms with Crippen molar-refractivity contribution in [2.24, 2.45) is 0 Å². The molecule has 0 aromatic carbocycles. The monoisotopic (exact) mass is 198 g/mol. The Labute approximate surface area is 90.0 Å². The maximum Gasteiger partial charge on any atom is 0.0375 e. The van der Waals surface area contributed by atoms with Gasteiger partial charge in [-0.3, -0.25) is 9.97 Å². The van der Waals surface area contributed by atoms with Gasteiger partial charge in [0.2, 0.25) is 0 Å². The highest BCUT2D eigenvalue weighted by Crippen LogP contribution is 2.06. The normalized spacial score (nSPS) is 10.2. The smallest absolute Gasteiger partial charge is 0.0375 e. The summed E-state index contributed by atoms with van der Waals surface area (Å²) in [7, 11) is 0. The fourth-order valence-corrected chi connectivity index (χ4v) is 1.59. The van der Waals surface area contributed by atoms with E-state index in [1.54, 1.807) is 6.20 Å². The van der Waals surface area contributed by atoms with Crippen LogP contribution in [0.4, 0.5) is 0 Å². The highest BCUT2D eigenvalue weighted by atomic mass is 14.6. The maximum atomic E-state index is 4.18. The van der Waals surface area contributed by atoms with E-state index in [9.17, 15) is 0 Å². The minimum atomic E-state index is 1.04. The van der Waals surface area contributed by atoms with Crippen molar-refractivity contribution < 1.29 is 0 Å². The van der Waals surface area contributed by atoms with Gasteiger partial charge in [0, 0.05) is 24.3 Å². The number of aromatic nitrogens is 2. The van der Waals surface area contributed by atoms with Crippen LogP contribution in [0.15, 0.2) is 42.9 Å². The van der Waals surface area contributed by atoms with E-state index < -0.39 is 0 Å². The van der Waals surface area contributed by atoms with Gasteiger partial charge in [-0.05, 0) is 49.1 Å². The highest BCUT2D eigenvalue weighted by Gasteiger charge is 1.96. The van der Waals surface area contributed by atoms with Crippen molar-refractivity contribution in [2.75, 3.05) is 0 Å². The van der Waals surface area contributed by atoms with Gasteiger partial charge < -0.3 is 0 Å². The fourth-order valence-electron chi connectivity index (χ4n) is 1.59. The van der Waals surface area contributed by atoms with Gasteiger partial charge in [-0.15, -0.1) is 0 Å². The highest BCUT2D eigenvalue weighted by molar-refractivity contribution is 5.18. The fraction of sp³-hybridized carbons (Fsp3) is 0.231. The lowest BCUT2D eigenvalue weighted by Gasteiger charge is -2.02. The van der Waals surface area contributed by atoms with Gasteiger partial charge in [-0.25, -0.2) is 0 Å². The molecule has 15 heavy (non-hydrogen) atoms. The van der Waals surface area contributed by atoms with Crippen LogP contribution in [-0.4, -0.2) is 9.97 Å². The van der Waals surface area contributed by atoms with E-state index in [1.807, 2.05) is 25.4 Å². The summed E-state index contributed by atoms with van der Waals surface area (Å²) in [6, 6.07) is 8.30. The summed E-state index contributed by atoms with van der Waals surface area (Å²) in [5.41, 5.74) is 3.71. The second-order valence-corrected chi connectivity index (χ2v) is 3.67. The maximum absolute atomic E-state index is 4.18.